The highest BCUT2D eigenvalue weighted by molar-refractivity contribution is 5.85. The molecule has 0 fully saturated rings. The topological polar surface area (TPSA) is 49.3 Å². The molecule has 1 rings (SSSR count). The van der Waals surface area contributed by atoms with Gasteiger partial charge in [0.25, 0.3) is 0 Å². The Morgan fingerprint density at radius 3 is 2.40 bits per heavy atom. The van der Waals surface area contributed by atoms with Gasteiger partial charge in [0.05, 0.1) is 0 Å². The van der Waals surface area contributed by atoms with Crippen molar-refractivity contribution in [1.82, 2.24) is 0 Å². The molecule has 0 saturated heterocycles. The van der Waals surface area contributed by atoms with Gasteiger partial charge in [-0.15, -0.1) is 6.42 Å². The molecular formula is C12H15NO2. The van der Waals surface area contributed by atoms with Gasteiger partial charge in [-0.2, -0.15) is 0 Å². The molecule has 0 aliphatic heterocycles. The Kier molecular flexibility index (Phi) is 7.52. The monoisotopic (exact) mass is 205 g/mol. The van der Waals surface area contributed by atoms with Crippen LogP contribution in [0.4, 0.5) is 5.69 Å². The minimum absolute atomic E-state index is 1.06. The molecule has 0 spiro atoms. The van der Waals surface area contributed by atoms with Gasteiger partial charge in [-0.3, -0.25) is 0 Å². The largest absolute Gasteiger partial charge is 0.472 e. The summed E-state index contributed by atoms with van der Waals surface area (Å²) in [7, 11) is 0. The number of rotatable bonds is 3. The average Bonchev–Trinajstić information content (AvgIpc) is 2.28. The zero-order valence-corrected chi connectivity index (χ0v) is 8.73. The number of carboxylic acid groups (broad SMARTS) is 1. The van der Waals surface area contributed by atoms with Gasteiger partial charge in [-0.1, -0.05) is 25.1 Å². The van der Waals surface area contributed by atoms with E-state index in [2.05, 4.69) is 30.8 Å². The van der Waals surface area contributed by atoms with Crippen molar-refractivity contribution in [2.75, 3.05) is 11.9 Å². The van der Waals surface area contributed by atoms with E-state index in [9.17, 15) is 0 Å². The van der Waals surface area contributed by atoms with E-state index in [1.807, 2.05) is 18.2 Å². The highest BCUT2D eigenvalue weighted by Crippen LogP contribution is 2.03. The molecule has 0 aromatic heterocycles. The van der Waals surface area contributed by atoms with Crippen LogP contribution in [0.3, 0.4) is 0 Å². The molecule has 0 bridgehead atoms. The van der Waals surface area contributed by atoms with Gasteiger partial charge in [0.1, 0.15) is 0 Å². The van der Waals surface area contributed by atoms with Crippen LogP contribution >= 0.6 is 0 Å². The molecule has 0 unspecified atom stereocenters. The number of nitrogens with one attached hydrogen (secondary N) is 1. The Bertz CT molecular complexity index is 314. The van der Waals surface area contributed by atoms with Gasteiger partial charge in [-0.25, -0.2) is 4.79 Å². The number of hydrogen-bond donors (Lipinski definition) is 2. The number of para-hydroxylation sites is 1. The highest BCUT2D eigenvalue weighted by atomic mass is 16.4. The van der Waals surface area contributed by atoms with Gasteiger partial charge in [-0.05, 0) is 18.6 Å². The fourth-order valence-electron chi connectivity index (χ4n) is 0.825. The molecule has 1 aromatic carbocycles. The van der Waals surface area contributed by atoms with Crippen molar-refractivity contribution in [2.45, 2.75) is 13.3 Å². The van der Waals surface area contributed by atoms with Gasteiger partial charge in [0.2, 0.25) is 0 Å². The first-order valence-electron chi connectivity index (χ1n) is 4.69. The minimum Gasteiger partial charge on any atom is -0.472 e. The van der Waals surface area contributed by atoms with Crippen LogP contribution in [0.5, 0.6) is 0 Å². The fraction of sp³-hybridized carbons (Fsp3) is 0.250. The van der Waals surface area contributed by atoms with Crippen molar-refractivity contribution < 1.29 is 9.90 Å². The number of terminal acetylenes is 1. The third-order valence-corrected chi connectivity index (χ3v) is 1.48. The zero-order valence-electron chi connectivity index (χ0n) is 8.73. The lowest BCUT2D eigenvalue weighted by atomic mass is 10.3. The molecule has 1 aromatic rings. The maximum Gasteiger partial charge on any atom is 0.381 e. The second-order valence-electron chi connectivity index (χ2n) is 2.74. The maximum absolute atomic E-state index is 9.13. The molecule has 0 aliphatic carbocycles. The van der Waals surface area contributed by atoms with E-state index in [1.165, 1.54) is 18.0 Å². The number of aliphatic carboxylic acids is 1. The zero-order chi connectivity index (χ0) is 11.5. The summed E-state index contributed by atoms with van der Waals surface area (Å²) in [5.74, 6) is 0.227. The van der Waals surface area contributed by atoms with Gasteiger partial charge in [0, 0.05) is 18.2 Å². The van der Waals surface area contributed by atoms with Crippen molar-refractivity contribution in [3.8, 4) is 12.3 Å². The summed E-state index contributed by atoms with van der Waals surface area (Å²) in [6.07, 6.45) is 5.50. The van der Waals surface area contributed by atoms with Crippen LogP contribution in [-0.2, 0) is 4.79 Å². The SMILES string of the molecule is C#CC(=O)O.CCCNc1ccccc1. The van der Waals surface area contributed by atoms with Crippen molar-refractivity contribution in [3.63, 3.8) is 0 Å². The molecule has 0 atom stereocenters. The van der Waals surface area contributed by atoms with E-state index in [1.54, 1.807) is 0 Å². The van der Waals surface area contributed by atoms with Crippen LogP contribution < -0.4 is 5.32 Å². The van der Waals surface area contributed by atoms with Gasteiger partial charge >= 0.3 is 5.97 Å². The number of benzene rings is 1. The molecule has 2 N–H and O–H groups in total. The lowest BCUT2D eigenvalue weighted by molar-refractivity contribution is -0.130. The van der Waals surface area contributed by atoms with E-state index in [-0.39, 0.29) is 0 Å². The molecule has 3 nitrogen and oxygen atoms in total. The predicted molar refractivity (Wildman–Crippen MR) is 61.7 cm³/mol. The minimum atomic E-state index is -1.22. The van der Waals surface area contributed by atoms with E-state index in [0.717, 1.165) is 6.54 Å². The highest BCUT2D eigenvalue weighted by Gasteiger charge is 1.84. The molecular weight excluding hydrogens is 190 g/mol. The van der Waals surface area contributed by atoms with Gasteiger partial charge < -0.3 is 10.4 Å². The van der Waals surface area contributed by atoms with Crippen molar-refractivity contribution >= 4 is 11.7 Å². The second-order valence-corrected chi connectivity index (χ2v) is 2.74. The summed E-state index contributed by atoms with van der Waals surface area (Å²) in [5.41, 5.74) is 1.21. The maximum atomic E-state index is 9.13. The first-order chi connectivity index (χ1) is 7.20. The van der Waals surface area contributed by atoms with Crippen LogP contribution in [0.2, 0.25) is 0 Å². The summed E-state index contributed by atoms with van der Waals surface area (Å²) in [5, 5.41) is 10.8. The van der Waals surface area contributed by atoms with E-state index in [0.29, 0.717) is 0 Å². The Labute approximate surface area is 90.1 Å². The predicted octanol–water partition coefficient (Wildman–Crippen LogP) is 2.21. The van der Waals surface area contributed by atoms with Gasteiger partial charge in [0.15, 0.2) is 0 Å². The van der Waals surface area contributed by atoms with Crippen LogP contribution in [0.25, 0.3) is 0 Å². The fourth-order valence-corrected chi connectivity index (χ4v) is 0.825. The smallest absolute Gasteiger partial charge is 0.381 e. The summed E-state index contributed by atoms with van der Waals surface area (Å²) in [4.78, 5) is 9.13. The first-order valence-corrected chi connectivity index (χ1v) is 4.69. The molecule has 3 heteroatoms. The molecule has 15 heavy (non-hydrogen) atoms. The van der Waals surface area contributed by atoms with E-state index < -0.39 is 5.97 Å². The number of anilines is 1. The van der Waals surface area contributed by atoms with E-state index >= 15 is 0 Å². The van der Waals surface area contributed by atoms with Crippen LogP contribution in [0.1, 0.15) is 13.3 Å². The molecule has 0 aliphatic rings. The molecule has 80 valence electrons. The molecule has 0 radical (unpaired) electrons. The van der Waals surface area contributed by atoms with Crippen LogP contribution in [-0.4, -0.2) is 17.6 Å². The van der Waals surface area contributed by atoms with Crippen LogP contribution in [0.15, 0.2) is 30.3 Å². The third-order valence-electron chi connectivity index (χ3n) is 1.48. The average molecular weight is 205 g/mol. The second kappa shape index (κ2) is 8.64. The Morgan fingerprint density at radius 2 is 2.00 bits per heavy atom. The molecule has 0 heterocycles. The Morgan fingerprint density at radius 1 is 1.47 bits per heavy atom. The quantitative estimate of drug-likeness (QED) is 0.744. The third kappa shape index (κ3) is 8.38. The van der Waals surface area contributed by atoms with Crippen molar-refractivity contribution in [2.24, 2.45) is 0 Å². The molecule has 0 saturated carbocycles. The summed E-state index contributed by atoms with van der Waals surface area (Å²) in [6.45, 7) is 3.22. The number of hydrogen-bond acceptors (Lipinski definition) is 2. The lowest BCUT2D eigenvalue weighted by Gasteiger charge is -2.01. The summed E-state index contributed by atoms with van der Waals surface area (Å²) >= 11 is 0. The normalized spacial score (nSPS) is 8.00. The Hall–Kier alpha value is -1.95. The van der Waals surface area contributed by atoms with Crippen molar-refractivity contribution in [1.29, 1.82) is 0 Å². The molecule has 0 amide bonds. The van der Waals surface area contributed by atoms with E-state index in [4.69, 9.17) is 9.90 Å². The van der Waals surface area contributed by atoms with Crippen LogP contribution in [0, 0.1) is 12.3 Å². The Balaban J connectivity index is 0.000000336. The summed E-state index contributed by atoms with van der Waals surface area (Å²) < 4.78 is 0. The lowest BCUT2D eigenvalue weighted by Crippen LogP contribution is -1.98. The summed E-state index contributed by atoms with van der Waals surface area (Å²) in [6, 6.07) is 10.3. The first kappa shape index (κ1) is 13.1. The van der Waals surface area contributed by atoms with Crippen molar-refractivity contribution in [3.05, 3.63) is 30.3 Å². The number of carbonyl (C=O) groups is 1. The number of carboxylic acids is 1. The standard InChI is InChI=1S/C9H13N.C3H2O2/c1-2-8-10-9-6-4-3-5-7-9;1-2-3(4)5/h3-7,10H,2,8H2,1H3;1H,(H,4,5).